The standard InChI is InChI=1S/C15H14FN5O2S/c1-7(2)23-10-5-8(16)3-4-9(10)20-13-11-14(19-6-18-13)24-15(21-11)12(17)22/h3-7H,1-2H3,(H2,17,22)(H,18,19,20). The molecule has 0 saturated carbocycles. The fourth-order valence-electron chi connectivity index (χ4n) is 2.03. The number of fused-ring (bicyclic) bond motifs is 1. The largest absolute Gasteiger partial charge is 0.489 e. The van der Waals surface area contributed by atoms with Crippen LogP contribution in [0.1, 0.15) is 23.6 Å². The minimum absolute atomic E-state index is 0.126. The monoisotopic (exact) mass is 347 g/mol. The molecule has 0 radical (unpaired) electrons. The molecule has 0 spiro atoms. The number of nitrogens with two attached hydrogens (primary N) is 1. The van der Waals surface area contributed by atoms with Gasteiger partial charge in [-0.1, -0.05) is 11.3 Å². The molecule has 0 saturated heterocycles. The molecule has 1 amide bonds. The Kier molecular flexibility index (Phi) is 4.26. The Morgan fingerprint density at radius 1 is 1.38 bits per heavy atom. The van der Waals surface area contributed by atoms with Crippen molar-refractivity contribution in [3.8, 4) is 5.75 Å². The third kappa shape index (κ3) is 3.25. The summed E-state index contributed by atoms with van der Waals surface area (Å²) in [5.74, 6) is -0.311. The Morgan fingerprint density at radius 3 is 2.88 bits per heavy atom. The first kappa shape index (κ1) is 16.1. The summed E-state index contributed by atoms with van der Waals surface area (Å²) in [6.45, 7) is 3.69. The summed E-state index contributed by atoms with van der Waals surface area (Å²) in [6.07, 6.45) is 1.22. The Bertz CT molecular complexity index is 912. The number of anilines is 2. The van der Waals surface area contributed by atoms with E-state index >= 15 is 0 Å². The number of nitrogens with zero attached hydrogens (tertiary/aromatic N) is 3. The second-order valence-electron chi connectivity index (χ2n) is 5.19. The van der Waals surface area contributed by atoms with Crippen molar-refractivity contribution in [2.24, 2.45) is 5.73 Å². The lowest BCUT2D eigenvalue weighted by molar-refractivity contribution is 0.1000. The molecule has 2 aromatic heterocycles. The summed E-state index contributed by atoms with van der Waals surface area (Å²) in [7, 11) is 0. The predicted molar refractivity (Wildman–Crippen MR) is 89.2 cm³/mol. The second kappa shape index (κ2) is 6.36. The van der Waals surface area contributed by atoms with Crippen molar-refractivity contribution in [3.63, 3.8) is 0 Å². The molecular weight excluding hydrogens is 333 g/mol. The Balaban J connectivity index is 2.02. The molecule has 3 rings (SSSR count). The first-order valence-electron chi connectivity index (χ1n) is 7.08. The average molecular weight is 347 g/mol. The number of carbonyl (C=O) groups is 1. The fraction of sp³-hybridized carbons (Fsp3) is 0.200. The van der Waals surface area contributed by atoms with Gasteiger partial charge in [0.1, 0.15) is 28.2 Å². The van der Waals surface area contributed by atoms with Crippen molar-refractivity contribution in [2.45, 2.75) is 20.0 Å². The van der Waals surface area contributed by atoms with Gasteiger partial charge in [-0.05, 0) is 26.0 Å². The molecule has 124 valence electrons. The van der Waals surface area contributed by atoms with E-state index < -0.39 is 11.7 Å². The number of carbonyl (C=O) groups excluding carboxylic acids is 1. The van der Waals surface area contributed by atoms with E-state index in [1.54, 1.807) is 6.07 Å². The molecule has 1 aromatic carbocycles. The average Bonchev–Trinajstić information content (AvgIpc) is 2.95. The van der Waals surface area contributed by atoms with Crippen LogP contribution in [0.15, 0.2) is 24.5 Å². The third-order valence-corrected chi connectivity index (χ3v) is 3.94. The van der Waals surface area contributed by atoms with Crippen molar-refractivity contribution in [3.05, 3.63) is 35.4 Å². The maximum Gasteiger partial charge on any atom is 0.277 e. The highest BCUT2D eigenvalue weighted by atomic mass is 32.1. The quantitative estimate of drug-likeness (QED) is 0.735. The maximum atomic E-state index is 13.5. The SMILES string of the molecule is CC(C)Oc1cc(F)ccc1Nc1ncnc2sc(C(N)=O)nc12. The zero-order chi connectivity index (χ0) is 17.3. The molecule has 0 aliphatic rings. The first-order chi connectivity index (χ1) is 11.4. The molecule has 0 bridgehead atoms. The van der Waals surface area contributed by atoms with Crippen molar-refractivity contribution >= 4 is 39.1 Å². The van der Waals surface area contributed by atoms with Gasteiger partial charge in [0.25, 0.3) is 5.91 Å². The van der Waals surface area contributed by atoms with Crippen LogP contribution in [0.5, 0.6) is 5.75 Å². The van der Waals surface area contributed by atoms with Crippen LogP contribution in [-0.4, -0.2) is 27.0 Å². The van der Waals surface area contributed by atoms with Crippen LogP contribution in [0, 0.1) is 5.82 Å². The van der Waals surface area contributed by atoms with Crippen LogP contribution >= 0.6 is 11.3 Å². The van der Waals surface area contributed by atoms with Crippen LogP contribution < -0.4 is 15.8 Å². The molecule has 24 heavy (non-hydrogen) atoms. The van der Waals surface area contributed by atoms with Crippen molar-refractivity contribution < 1.29 is 13.9 Å². The number of primary amides is 1. The van der Waals surface area contributed by atoms with Crippen molar-refractivity contribution in [2.75, 3.05) is 5.32 Å². The van der Waals surface area contributed by atoms with Crippen LogP contribution in [-0.2, 0) is 0 Å². The zero-order valence-electron chi connectivity index (χ0n) is 12.9. The van der Waals surface area contributed by atoms with Gasteiger partial charge in [0.2, 0.25) is 0 Å². The first-order valence-corrected chi connectivity index (χ1v) is 7.90. The van der Waals surface area contributed by atoms with Crippen LogP contribution in [0.4, 0.5) is 15.9 Å². The predicted octanol–water partition coefficient (Wildman–Crippen LogP) is 2.86. The van der Waals surface area contributed by atoms with Crippen LogP contribution in [0.3, 0.4) is 0 Å². The van der Waals surface area contributed by atoms with Gasteiger partial charge >= 0.3 is 0 Å². The number of ether oxygens (including phenoxy) is 1. The number of halogens is 1. The number of benzene rings is 1. The lowest BCUT2D eigenvalue weighted by Crippen LogP contribution is -2.10. The number of hydrogen-bond donors (Lipinski definition) is 2. The van der Waals surface area contributed by atoms with Gasteiger partial charge in [0.15, 0.2) is 10.8 Å². The molecule has 7 nitrogen and oxygen atoms in total. The zero-order valence-corrected chi connectivity index (χ0v) is 13.7. The summed E-state index contributed by atoms with van der Waals surface area (Å²) >= 11 is 1.08. The topological polar surface area (TPSA) is 103 Å². The molecule has 3 N–H and O–H groups in total. The molecule has 3 aromatic rings. The number of hydrogen-bond acceptors (Lipinski definition) is 7. The van der Waals surface area contributed by atoms with E-state index in [-0.39, 0.29) is 11.1 Å². The number of amides is 1. The van der Waals surface area contributed by atoms with Gasteiger partial charge in [-0.15, -0.1) is 0 Å². The van der Waals surface area contributed by atoms with Crippen molar-refractivity contribution in [1.82, 2.24) is 15.0 Å². The van der Waals surface area contributed by atoms with Gasteiger partial charge in [0.05, 0.1) is 11.8 Å². The smallest absolute Gasteiger partial charge is 0.277 e. The van der Waals surface area contributed by atoms with E-state index in [1.807, 2.05) is 13.8 Å². The molecule has 0 aliphatic carbocycles. The highest BCUT2D eigenvalue weighted by molar-refractivity contribution is 7.19. The summed E-state index contributed by atoms with van der Waals surface area (Å²) in [4.78, 5) is 24.2. The molecule has 0 aliphatic heterocycles. The van der Waals surface area contributed by atoms with E-state index in [1.165, 1.54) is 18.5 Å². The molecule has 2 heterocycles. The summed E-state index contributed by atoms with van der Waals surface area (Å²) in [5.41, 5.74) is 6.19. The molecular formula is C15H14FN5O2S. The number of rotatable bonds is 5. The van der Waals surface area contributed by atoms with E-state index in [4.69, 9.17) is 10.5 Å². The van der Waals surface area contributed by atoms with E-state index in [9.17, 15) is 9.18 Å². The van der Waals surface area contributed by atoms with Gasteiger partial charge in [-0.2, -0.15) is 0 Å². The minimum atomic E-state index is -0.630. The lowest BCUT2D eigenvalue weighted by atomic mass is 10.2. The molecule has 9 heteroatoms. The number of thiazole rings is 1. The van der Waals surface area contributed by atoms with Crippen LogP contribution in [0.2, 0.25) is 0 Å². The number of nitrogens with one attached hydrogen (secondary N) is 1. The second-order valence-corrected chi connectivity index (χ2v) is 6.17. The summed E-state index contributed by atoms with van der Waals surface area (Å²) in [5, 5.41) is 3.19. The normalized spacial score (nSPS) is 11.0. The highest BCUT2D eigenvalue weighted by Crippen LogP contribution is 2.32. The fourth-order valence-corrected chi connectivity index (χ4v) is 2.79. The summed E-state index contributed by atoms with van der Waals surface area (Å²) in [6, 6.07) is 4.14. The van der Waals surface area contributed by atoms with Gasteiger partial charge in [0, 0.05) is 6.07 Å². The Labute approximate surface area is 140 Å². The van der Waals surface area contributed by atoms with Crippen molar-refractivity contribution in [1.29, 1.82) is 0 Å². The van der Waals surface area contributed by atoms with Gasteiger partial charge < -0.3 is 15.8 Å². The van der Waals surface area contributed by atoms with Gasteiger partial charge in [-0.25, -0.2) is 19.3 Å². The van der Waals surface area contributed by atoms with E-state index in [0.717, 1.165) is 11.3 Å². The Hall–Kier alpha value is -2.81. The molecule has 0 unspecified atom stereocenters. The lowest BCUT2D eigenvalue weighted by Gasteiger charge is -2.15. The Morgan fingerprint density at radius 2 is 2.17 bits per heavy atom. The third-order valence-electron chi connectivity index (χ3n) is 2.97. The van der Waals surface area contributed by atoms with Gasteiger partial charge in [-0.3, -0.25) is 4.79 Å². The molecule has 0 atom stereocenters. The van der Waals surface area contributed by atoms with E-state index in [0.29, 0.717) is 27.6 Å². The van der Waals surface area contributed by atoms with Crippen LogP contribution in [0.25, 0.3) is 10.3 Å². The molecule has 0 fully saturated rings. The highest BCUT2D eigenvalue weighted by Gasteiger charge is 2.15. The van der Waals surface area contributed by atoms with E-state index in [2.05, 4.69) is 20.3 Å². The maximum absolute atomic E-state index is 13.5. The minimum Gasteiger partial charge on any atom is -0.489 e. The summed E-state index contributed by atoms with van der Waals surface area (Å²) < 4.78 is 19.1. The number of aromatic nitrogens is 3.